The minimum Gasteiger partial charge on any atom is -0.322 e. The van der Waals surface area contributed by atoms with Crippen LogP contribution in [0, 0.1) is 5.82 Å². The summed E-state index contributed by atoms with van der Waals surface area (Å²) in [6, 6.07) is 13.2. The maximum Gasteiger partial charge on any atom is 0.251 e. The van der Waals surface area contributed by atoms with Crippen LogP contribution in [-0.4, -0.2) is 61.3 Å². The third-order valence-electron chi connectivity index (χ3n) is 5.06. The monoisotopic (exact) mass is 395 g/mol. The number of amides is 1. The Morgan fingerprint density at radius 3 is 2.34 bits per heavy atom. The number of Topliss-reactive ketones (excluding diaryl/α,β-unsaturated/α-hetero) is 1. The summed E-state index contributed by atoms with van der Waals surface area (Å²) in [5, 5.41) is 2.78. The van der Waals surface area contributed by atoms with Gasteiger partial charge in [-0.25, -0.2) is 4.39 Å². The van der Waals surface area contributed by atoms with E-state index in [1.54, 1.807) is 49.4 Å². The van der Waals surface area contributed by atoms with Crippen LogP contribution in [0.1, 0.15) is 22.8 Å². The number of hydrogen-bond acceptors (Lipinski definition) is 4. The number of ketones is 1. The molecule has 6 heteroatoms. The summed E-state index contributed by atoms with van der Waals surface area (Å²) < 4.78 is 13.7. The van der Waals surface area contributed by atoms with Gasteiger partial charge in [-0.15, -0.1) is 0 Å². The van der Waals surface area contributed by atoms with E-state index in [2.05, 4.69) is 22.2 Å². The molecule has 3 rings (SSSR count). The van der Waals surface area contributed by atoms with Crippen LogP contribution in [-0.2, 0) is 4.79 Å². The molecule has 0 atom stereocenters. The van der Waals surface area contributed by atoms with E-state index in [-0.39, 0.29) is 17.5 Å². The first kappa shape index (κ1) is 20.9. The molecule has 0 bridgehead atoms. The molecule has 2 aromatic rings. The van der Waals surface area contributed by atoms with Crippen LogP contribution < -0.4 is 5.32 Å². The van der Waals surface area contributed by atoms with Gasteiger partial charge in [0.25, 0.3) is 5.91 Å². The lowest BCUT2D eigenvalue weighted by Gasteiger charge is -2.31. The molecular weight excluding hydrogens is 369 g/mol. The second-order valence-corrected chi connectivity index (χ2v) is 7.38. The standard InChI is InChI=1S/C23H26FN3O2/c1-17(15-19-5-3-4-6-21(19)24)23(29)25-20-9-7-18(8-10-20)22(28)16-27-13-11-26(2)12-14-27/h3-10,15H,11-14,16H2,1-2H3,(H,25,29)/b17-15+. The van der Waals surface area contributed by atoms with Crippen molar-refractivity contribution in [3.8, 4) is 0 Å². The van der Waals surface area contributed by atoms with Crippen molar-refractivity contribution in [1.29, 1.82) is 0 Å². The van der Waals surface area contributed by atoms with E-state index in [4.69, 9.17) is 0 Å². The highest BCUT2D eigenvalue weighted by atomic mass is 19.1. The van der Waals surface area contributed by atoms with Crippen molar-refractivity contribution in [1.82, 2.24) is 9.80 Å². The Balaban J connectivity index is 1.57. The molecule has 0 saturated carbocycles. The van der Waals surface area contributed by atoms with E-state index in [9.17, 15) is 14.0 Å². The number of carbonyl (C=O) groups excluding carboxylic acids is 2. The molecule has 0 aromatic heterocycles. The molecule has 1 amide bonds. The predicted molar refractivity (Wildman–Crippen MR) is 113 cm³/mol. The highest BCUT2D eigenvalue weighted by molar-refractivity contribution is 6.06. The van der Waals surface area contributed by atoms with Crippen LogP contribution >= 0.6 is 0 Å². The summed E-state index contributed by atoms with van der Waals surface area (Å²) in [5.74, 6) is -0.615. The first-order chi connectivity index (χ1) is 13.9. The summed E-state index contributed by atoms with van der Waals surface area (Å²) >= 11 is 0. The third kappa shape index (κ3) is 5.82. The van der Waals surface area contributed by atoms with Crippen molar-refractivity contribution in [3.05, 3.63) is 71.0 Å². The summed E-state index contributed by atoms with van der Waals surface area (Å²) in [6.07, 6.45) is 1.51. The Labute approximate surface area is 170 Å². The molecule has 2 aromatic carbocycles. The number of hydrogen-bond donors (Lipinski definition) is 1. The number of rotatable bonds is 6. The second-order valence-electron chi connectivity index (χ2n) is 7.38. The molecule has 1 N–H and O–H groups in total. The zero-order valence-electron chi connectivity index (χ0n) is 16.8. The molecule has 0 aliphatic carbocycles. The SMILES string of the molecule is C/C(=C\c1ccccc1F)C(=O)Nc1ccc(C(=O)CN2CCN(C)CC2)cc1. The lowest BCUT2D eigenvalue weighted by molar-refractivity contribution is -0.112. The molecule has 1 saturated heterocycles. The Kier molecular flexibility index (Phi) is 6.90. The molecule has 152 valence electrons. The molecule has 0 unspecified atom stereocenters. The van der Waals surface area contributed by atoms with Crippen LogP contribution in [0.5, 0.6) is 0 Å². The zero-order valence-corrected chi connectivity index (χ0v) is 16.8. The van der Waals surface area contributed by atoms with Gasteiger partial charge in [0.2, 0.25) is 0 Å². The highest BCUT2D eigenvalue weighted by Gasteiger charge is 2.17. The van der Waals surface area contributed by atoms with Gasteiger partial charge >= 0.3 is 0 Å². The van der Waals surface area contributed by atoms with Crippen LogP contribution in [0.25, 0.3) is 6.08 Å². The van der Waals surface area contributed by atoms with Gasteiger partial charge in [0, 0.05) is 48.6 Å². The highest BCUT2D eigenvalue weighted by Crippen LogP contribution is 2.15. The van der Waals surface area contributed by atoms with Gasteiger partial charge in [-0.3, -0.25) is 14.5 Å². The number of halogens is 1. The molecule has 0 radical (unpaired) electrons. The maximum atomic E-state index is 13.7. The fraction of sp³-hybridized carbons (Fsp3) is 0.304. The van der Waals surface area contributed by atoms with Gasteiger partial charge in [-0.2, -0.15) is 0 Å². The fourth-order valence-electron chi connectivity index (χ4n) is 3.16. The van der Waals surface area contributed by atoms with Crippen molar-refractivity contribution in [2.75, 3.05) is 45.1 Å². The number of nitrogens with zero attached hydrogens (tertiary/aromatic N) is 2. The number of carbonyl (C=O) groups is 2. The minimum absolute atomic E-state index is 0.0723. The number of likely N-dealkylation sites (N-methyl/N-ethyl adjacent to an activating group) is 1. The van der Waals surface area contributed by atoms with E-state index in [0.29, 0.717) is 28.9 Å². The number of piperazine rings is 1. The van der Waals surface area contributed by atoms with E-state index < -0.39 is 0 Å². The number of anilines is 1. The minimum atomic E-state index is -0.372. The van der Waals surface area contributed by atoms with Gasteiger partial charge in [-0.05, 0) is 50.4 Å². The van der Waals surface area contributed by atoms with Crippen molar-refractivity contribution in [3.63, 3.8) is 0 Å². The molecule has 1 aliphatic heterocycles. The molecule has 1 fully saturated rings. The summed E-state index contributed by atoms with van der Waals surface area (Å²) in [4.78, 5) is 29.3. The molecule has 0 spiro atoms. The Bertz CT molecular complexity index is 901. The third-order valence-corrected chi connectivity index (χ3v) is 5.06. The van der Waals surface area contributed by atoms with Gasteiger partial charge in [0.15, 0.2) is 5.78 Å². The summed E-state index contributed by atoms with van der Waals surface area (Å²) in [6.45, 7) is 5.77. The van der Waals surface area contributed by atoms with E-state index in [1.165, 1.54) is 12.1 Å². The molecule has 1 heterocycles. The van der Waals surface area contributed by atoms with Crippen LogP contribution in [0.4, 0.5) is 10.1 Å². The predicted octanol–water partition coefficient (Wildman–Crippen LogP) is 3.30. The van der Waals surface area contributed by atoms with E-state index >= 15 is 0 Å². The molecule has 5 nitrogen and oxygen atoms in total. The average molecular weight is 395 g/mol. The topological polar surface area (TPSA) is 52.7 Å². The molecular formula is C23H26FN3O2. The van der Waals surface area contributed by atoms with Crippen LogP contribution in [0.2, 0.25) is 0 Å². The summed E-state index contributed by atoms with van der Waals surface area (Å²) in [7, 11) is 2.08. The van der Waals surface area contributed by atoms with Crippen molar-refractivity contribution >= 4 is 23.5 Å². The number of benzene rings is 2. The van der Waals surface area contributed by atoms with E-state index in [1.807, 2.05) is 0 Å². The van der Waals surface area contributed by atoms with Gasteiger partial charge in [-0.1, -0.05) is 18.2 Å². The summed E-state index contributed by atoms with van der Waals surface area (Å²) in [5.41, 5.74) is 1.98. The van der Waals surface area contributed by atoms with Crippen LogP contribution in [0.3, 0.4) is 0 Å². The maximum absolute atomic E-state index is 13.7. The normalized spacial score (nSPS) is 15.9. The molecule has 29 heavy (non-hydrogen) atoms. The van der Waals surface area contributed by atoms with Gasteiger partial charge in [0.1, 0.15) is 5.82 Å². The Morgan fingerprint density at radius 2 is 1.69 bits per heavy atom. The molecule has 1 aliphatic rings. The van der Waals surface area contributed by atoms with Gasteiger partial charge < -0.3 is 10.2 Å². The average Bonchev–Trinajstić information content (AvgIpc) is 2.72. The van der Waals surface area contributed by atoms with Crippen molar-refractivity contribution < 1.29 is 14.0 Å². The lowest BCUT2D eigenvalue weighted by Crippen LogP contribution is -2.46. The van der Waals surface area contributed by atoms with Gasteiger partial charge in [0.05, 0.1) is 6.54 Å². The Morgan fingerprint density at radius 1 is 1.03 bits per heavy atom. The largest absolute Gasteiger partial charge is 0.322 e. The first-order valence-corrected chi connectivity index (χ1v) is 9.71. The van der Waals surface area contributed by atoms with Crippen molar-refractivity contribution in [2.45, 2.75) is 6.92 Å². The zero-order chi connectivity index (χ0) is 20.8. The lowest BCUT2D eigenvalue weighted by atomic mass is 10.1. The first-order valence-electron chi connectivity index (χ1n) is 9.71. The van der Waals surface area contributed by atoms with E-state index in [0.717, 1.165) is 26.2 Å². The quantitative estimate of drug-likeness (QED) is 0.602. The smallest absolute Gasteiger partial charge is 0.251 e. The fourth-order valence-corrected chi connectivity index (χ4v) is 3.16. The van der Waals surface area contributed by atoms with Crippen molar-refractivity contribution in [2.24, 2.45) is 0 Å². The second kappa shape index (κ2) is 9.58. The Hall–Kier alpha value is -2.83. The number of nitrogens with one attached hydrogen (secondary N) is 1. The van der Waals surface area contributed by atoms with Crippen LogP contribution in [0.15, 0.2) is 54.1 Å².